The molecule has 0 bridgehead atoms. The number of benzene rings is 1. The summed E-state index contributed by atoms with van der Waals surface area (Å²) in [6, 6.07) is 4.34. The molecule has 0 N–H and O–H groups in total. The summed E-state index contributed by atoms with van der Waals surface area (Å²) in [5.41, 5.74) is 3.85. The SMILES string of the molecule is C=Cc1cc(CC)c(Br)cc1C. The summed E-state index contributed by atoms with van der Waals surface area (Å²) >= 11 is 3.54. The van der Waals surface area contributed by atoms with E-state index in [4.69, 9.17) is 0 Å². The topological polar surface area (TPSA) is 0 Å². The first-order valence-corrected chi connectivity index (χ1v) is 4.89. The molecular weight excluding hydrogens is 212 g/mol. The maximum Gasteiger partial charge on any atom is 0.0210 e. The van der Waals surface area contributed by atoms with Crippen LogP contribution in [0.5, 0.6) is 0 Å². The van der Waals surface area contributed by atoms with Crippen molar-refractivity contribution in [2.75, 3.05) is 0 Å². The molecule has 1 rings (SSSR count). The minimum atomic E-state index is 1.06. The quantitative estimate of drug-likeness (QED) is 0.714. The lowest BCUT2D eigenvalue weighted by molar-refractivity contribution is 1.12. The molecule has 0 atom stereocenters. The second-order valence-electron chi connectivity index (χ2n) is 2.86. The number of aryl methyl sites for hydroxylation is 2. The second kappa shape index (κ2) is 3.90. The van der Waals surface area contributed by atoms with Crippen LogP contribution in [-0.4, -0.2) is 0 Å². The van der Waals surface area contributed by atoms with Crippen molar-refractivity contribution in [1.82, 2.24) is 0 Å². The van der Waals surface area contributed by atoms with Gasteiger partial charge in [-0.25, -0.2) is 0 Å². The van der Waals surface area contributed by atoms with Gasteiger partial charge in [0.2, 0.25) is 0 Å². The van der Waals surface area contributed by atoms with Crippen molar-refractivity contribution >= 4 is 22.0 Å². The molecule has 64 valence electrons. The summed E-state index contributed by atoms with van der Waals surface area (Å²) in [5, 5.41) is 0. The van der Waals surface area contributed by atoms with Gasteiger partial charge in [-0.2, -0.15) is 0 Å². The number of rotatable bonds is 2. The van der Waals surface area contributed by atoms with Crippen LogP contribution in [0.4, 0.5) is 0 Å². The molecule has 0 aliphatic rings. The van der Waals surface area contributed by atoms with E-state index in [1.807, 2.05) is 6.08 Å². The van der Waals surface area contributed by atoms with Crippen LogP contribution in [0.25, 0.3) is 6.08 Å². The second-order valence-corrected chi connectivity index (χ2v) is 3.71. The van der Waals surface area contributed by atoms with Gasteiger partial charge in [-0.05, 0) is 36.1 Å². The average Bonchev–Trinajstić information content (AvgIpc) is 2.05. The van der Waals surface area contributed by atoms with Crippen LogP contribution >= 0.6 is 15.9 Å². The highest BCUT2D eigenvalue weighted by Crippen LogP contribution is 2.22. The van der Waals surface area contributed by atoms with Gasteiger partial charge in [0.1, 0.15) is 0 Å². The minimum absolute atomic E-state index is 1.06. The fourth-order valence-corrected chi connectivity index (χ4v) is 1.97. The first-order chi connectivity index (χ1) is 5.69. The van der Waals surface area contributed by atoms with Gasteiger partial charge in [0.15, 0.2) is 0 Å². The van der Waals surface area contributed by atoms with Gasteiger partial charge in [-0.3, -0.25) is 0 Å². The van der Waals surface area contributed by atoms with E-state index in [0.29, 0.717) is 0 Å². The molecule has 0 radical (unpaired) electrons. The van der Waals surface area contributed by atoms with Gasteiger partial charge in [0, 0.05) is 4.47 Å². The summed E-state index contributed by atoms with van der Waals surface area (Å²) < 4.78 is 1.20. The molecule has 1 aromatic carbocycles. The highest BCUT2D eigenvalue weighted by Gasteiger charge is 2.00. The zero-order valence-electron chi connectivity index (χ0n) is 7.52. The molecule has 0 saturated heterocycles. The average molecular weight is 225 g/mol. The third kappa shape index (κ3) is 1.78. The lowest BCUT2D eigenvalue weighted by Gasteiger charge is -2.06. The normalized spacial score (nSPS) is 9.92. The van der Waals surface area contributed by atoms with Crippen LogP contribution in [-0.2, 0) is 6.42 Å². The van der Waals surface area contributed by atoms with Crippen LogP contribution in [0.2, 0.25) is 0 Å². The zero-order valence-corrected chi connectivity index (χ0v) is 9.11. The molecule has 0 aliphatic heterocycles. The predicted octanol–water partition coefficient (Wildman–Crippen LogP) is 3.96. The maximum atomic E-state index is 3.78. The van der Waals surface area contributed by atoms with E-state index in [-0.39, 0.29) is 0 Å². The van der Waals surface area contributed by atoms with Crippen LogP contribution in [0.15, 0.2) is 23.2 Å². The molecule has 0 aromatic heterocycles. The third-order valence-corrected chi connectivity index (χ3v) is 2.77. The van der Waals surface area contributed by atoms with Crippen molar-refractivity contribution in [2.24, 2.45) is 0 Å². The number of hydrogen-bond donors (Lipinski definition) is 0. The molecular formula is C11H13Br. The molecule has 1 aromatic rings. The summed E-state index contributed by atoms with van der Waals surface area (Å²) in [6.07, 6.45) is 2.96. The number of hydrogen-bond acceptors (Lipinski definition) is 0. The highest BCUT2D eigenvalue weighted by molar-refractivity contribution is 9.10. The Hall–Kier alpha value is -0.560. The van der Waals surface area contributed by atoms with Crippen LogP contribution < -0.4 is 0 Å². The Morgan fingerprint density at radius 2 is 2.17 bits per heavy atom. The van der Waals surface area contributed by atoms with Crippen molar-refractivity contribution in [3.05, 3.63) is 39.9 Å². The summed E-state index contributed by atoms with van der Waals surface area (Å²) in [7, 11) is 0. The van der Waals surface area contributed by atoms with Crippen LogP contribution in [0.1, 0.15) is 23.6 Å². The molecule has 12 heavy (non-hydrogen) atoms. The van der Waals surface area contributed by atoms with E-state index in [2.05, 4.69) is 48.5 Å². The van der Waals surface area contributed by atoms with Gasteiger partial charge in [-0.15, -0.1) is 0 Å². The summed E-state index contributed by atoms with van der Waals surface area (Å²) in [5.74, 6) is 0. The van der Waals surface area contributed by atoms with Gasteiger partial charge in [0.25, 0.3) is 0 Å². The number of halogens is 1. The largest absolute Gasteiger partial charge is 0.0985 e. The predicted molar refractivity (Wildman–Crippen MR) is 58.3 cm³/mol. The van der Waals surface area contributed by atoms with E-state index >= 15 is 0 Å². The van der Waals surface area contributed by atoms with Crippen molar-refractivity contribution in [3.63, 3.8) is 0 Å². The lowest BCUT2D eigenvalue weighted by atomic mass is 10.0. The van der Waals surface area contributed by atoms with E-state index in [0.717, 1.165) is 6.42 Å². The van der Waals surface area contributed by atoms with Crippen molar-refractivity contribution in [3.8, 4) is 0 Å². The smallest absolute Gasteiger partial charge is 0.0210 e. The Balaban J connectivity index is 3.26. The maximum absolute atomic E-state index is 3.78. The van der Waals surface area contributed by atoms with Gasteiger partial charge < -0.3 is 0 Å². The van der Waals surface area contributed by atoms with Crippen LogP contribution in [0.3, 0.4) is 0 Å². The standard InChI is InChI=1S/C11H13Br/c1-4-9-7-10(5-2)11(12)6-8(9)3/h4,6-7H,1,5H2,2-3H3. The molecule has 0 unspecified atom stereocenters. The Morgan fingerprint density at radius 3 is 2.67 bits per heavy atom. The van der Waals surface area contributed by atoms with Gasteiger partial charge in [0.05, 0.1) is 0 Å². The fraction of sp³-hybridized carbons (Fsp3) is 0.273. The monoisotopic (exact) mass is 224 g/mol. The Labute approximate surface area is 82.4 Å². The Morgan fingerprint density at radius 1 is 1.50 bits per heavy atom. The molecule has 0 nitrogen and oxygen atoms in total. The molecule has 0 heterocycles. The van der Waals surface area contributed by atoms with E-state index in [1.165, 1.54) is 21.2 Å². The Kier molecular flexibility index (Phi) is 3.10. The van der Waals surface area contributed by atoms with E-state index in [9.17, 15) is 0 Å². The van der Waals surface area contributed by atoms with Crippen molar-refractivity contribution in [2.45, 2.75) is 20.3 Å². The van der Waals surface area contributed by atoms with Crippen molar-refractivity contribution < 1.29 is 0 Å². The molecule has 0 spiro atoms. The Bertz CT molecular complexity index is 300. The molecule has 0 aliphatic carbocycles. The zero-order chi connectivity index (χ0) is 9.14. The summed E-state index contributed by atoms with van der Waals surface area (Å²) in [6.45, 7) is 8.04. The molecule has 0 fully saturated rings. The molecule has 1 heteroatoms. The van der Waals surface area contributed by atoms with E-state index in [1.54, 1.807) is 0 Å². The molecule has 0 saturated carbocycles. The third-order valence-electron chi connectivity index (χ3n) is 2.04. The first-order valence-electron chi connectivity index (χ1n) is 4.10. The summed E-state index contributed by atoms with van der Waals surface area (Å²) in [4.78, 5) is 0. The molecule has 0 amide bonds. The first kappa shape index (κ1) is 9.53. The lowest BCUT2D eigenvalue weighted by Crippen LogP contribution is -1.87. The fourth-order valence-electron chi connectivity index (χ4n) is 1.23. The van der Waals surface area contributed by atoms with Crippen molar-refractivity contribution in [1.29, 1.82) is 0 Å². The van der Waals surface area contributed by atoms with E-state index < -0.39 is 0 Å². The highest BCUT2D eigenvalue weighted by atomic mass is 79.9. The van der Waals surface area contributed by atoms with Gasteiger partial charge >= 0.3 is 0 Å². The minimum Gasteiger partial charge on any atom is -0.0985 e. The van der Waals surface area contributed by atoms with Gasteiger partial charge in [-0.1, -0.05) is 41.6 Å². The van der Waals surface area contributed by atoms with Crippen LogP contribution in [0, 0.1) is 6.92 Å².